The Labute approximate surface area is 90.3 Å². The Morgan fingerprint density at radius 3 is 2.21 bits per heavy atom. The van der Waals surface area contributed by atoms with Crippen LogP contribution in [0.1, 0.15) is 5.56 Å². The summed E-state index contributed by atoms with van der Waals surface area (Å²) in [6, 6.07) is 9.80. The lowest BCUT2D eigenvalue weighted by atomic mass is 10.1. The Bertz CT molecular complexity index is 219. The summed E-state index contributed by atoms with van der Waals surface area (Å²) < 4.78 is 0. The minimum Gasteiger partial charge on any atom is -0.395 e. The normalized spacial score (nSPS) is 10.4. The van der Waals surface area contributed by atoms with Gasteiger partial charge in [0.2, 0.25) is 0 Å². The van der Waals surface area contributed by atoms with E-state index in [1.54, 1.807) is 0 Å². The van der Waals surface area contributed by atoms with Gasteiger partial charge in [-0.2, -0.15) is 0 Å². The van der Waals surface area contributed by atoms with Crippen molar-refractivity contribution in [2.24, 2.45) is 5.73 Å². The van der Waals surface area contributed by atoms with Crippen LogP contribution < -0.4 is 5.73 Å². The lowest BCUT2D eigenvalue weighted by Gasteiger charge is -2.06. The molecule has 0 aliphatic carbocycles. The minimum absolute atomic E-state index is 0. The molecule has 3 N–H and O–H groups in total. The first-order valence-electron chi connectivity index (χ1n) is 4.02. The smallest absolute Gasteiger partial charge is 0.106 e. The zero-order chi connectivity index (χ0) is 10.1. The number of aliphatic hydroxyl groups is 1. The van der Waals surface area contributed by atoms with Crippen molar-refractivity contribution in [2.75, 3.05) is 6.61 Å². The number of halogens is 1. The van der Waals surface area contributed by atoms with Crippen LogP contribution in [0.5, 0.6) is 0 Å². The van der Waals surface area contributed by atoms with E-state index >= 15 is 0 Å². The predicted molar refractivity (Wildman–Crippen MR) is 59.6 cm³/mol. The molecule has 1 atom stereocenters. The third kappa shape index (κ3) is 6.60. The van der Waals surface area contributed by atoms with Crippen LogP contribution in [0.4, 0.5) is 0 Å². The Kier molecular flexibility index (Phi) is 11.3. The molecule has 0 fully saturated rings. The number of hydrogen-bond acceptors (Lipinski definition) is 3. The van der Waals surface area contributed by atoms with Gasteiger partial charge in [0.25, 0.3) is 0 Å². The third-order valence-corrected chi connectivity index (χ3v) is 1.58. The van der Waals surface area contributed by atoms with Gasteiger partial charge in [-0.15, -0.1) is 12.4 Å². The van der Waals surface area contributed by atoms with Crippen molar-refractivity contribution in [1.82, 2.24) is 0 Å². The lowest BCUT2D eigenvalue weighted by molar-refractivity contribution is -0.0979. The third-order valence-electron chi connectivity index (χ3n) is 1.58. The molecule has 0 spiro atoms. The van der Waals surface area contributed by atoms with Crippen LogP contribution in [0.3, 0.4) is 0 Å². The fourth-order valence-corrected chi connectivity index (χ4v) is 0.981. The second-order valence-electron chi connectivity index (χ2n) is 2.63. The van der Waals surface area contributed by atoms with Crippen LogP contribution >= 0.6 is 12.4 Å². The van der Waals surface area contributed by atoms with Gasteiger partial charge in [0.1, 0.15) is 6.79 Å². The summed E-state index contributed by atoms with van der Waals surface area (Å²) in [5, 5.41) is 8.67. The molecule has 0 radical (unpaired) electrons. The average molecular weight is 218 g/mol. The zero-order valence-corrected chi connectivity index (χ0v) is 8.74. The highest BCUT2D eigenvalue weighted by atomic mass is 35.5. The predicted octanol–water partition coefficient (Wildman–Crippen LogP) is 0.786. The quantitative estimate of drug-likeness (QED) is 0.787. The molecule has 1 aromatic rings. The van der Waals surface area contributed by atoms with Gasteiger partial charge in [-0.1, -0.05) is 30.3 Å². The van der Waals surface area contributed by atoms with E-state index < -0.39 is 0 Å². The van der Waals surface area contributed by atoms with E-state index in [-0.39, 0.29) is 25.1 Å². The number of carbonyl (C=O) groups is 1. The van der Waals surface area contributed by atoms with Crippen LogP contribution in [-0.2, 0) is 11.2 Å². The summed E-state index contributed by atoms with van der Waals surface area (Å²) in [7, 11) is 0. The molecule has 80 valence electrons. The molecule has 0 saturated heterocycles. The van der Waals surface area contributed by atoms with E-state index in [1.165, 1.54) is 5.56 Å². The van der Waals surface area contributed by atoms with Gasteiger partial charge in [0, 0.05) is 6.04 Å². The zero-order valence-electron chi connectivity index (χ0n) is 7.93. The van der Waals surface area contributed by atoms with Crippen LogP contribution in [-0.4, -0.2) is 24.5 Å². The Balaban J connectivity index is 0. The van der Waals surface area contributed by atoms with Gasteiger partial charge in [0.15, 0.2) is 0 Å². The minimum atomic E-state index is -0.127. The van der Waals surface area contributed by atoms with Crippen LogP contribution in [0.25, 0.3) is 0 Å². The van der Waals surface area contributed by atoms with E-state index in [4.69, 9.17) is 15.6 Å². The van der Waals surface area contributed by atoms with Gasteiger partial charge >= 0.3 is 0 Å². The van der Waals surface area contributed by atoms with E-state index in [0.717, 1.165) is 6.42 Å². The highest BCUT2D eigenvalue weighted by Gasteiger charge is 1.99. The fraction of sp³-hybridized carbons (Fsp3) is 0.300. The molecule has 3 nitrogen and oxygen atoms in total. The van der Waals surface area contributed by atoms with Gasteiger partial charge in [-0.25, -0.2) is 0 Å². The number of nitrogens with two attached hydrogens (primary N) is 1. The number of aliphatic hydroxyl groups excluding tert-OH is 1. The Hall–Kier alpha value is -0.900. The van der Waals surface area contributed by atoms with Gasteiger partial charge in [-0.05, 0) is 12.0 Å². The first kappa shape index (κ1) is 15.6. The second kappa shape index (κ2) is 10.2. The first-order valence-corrected chi connectivity index (χ1v) is 4.02. The van der Waals surface area contributed by atoms with Crippen molar-refractivity contribution < 1.29 is 9.90 Å². The maximum Gasteiger partial charge on any atom is 0.106 e. The van der Waals surface area contributed by atoms with E-state index in [1.807, 2.05) is 37.1 Å². The summed E-state index contributed by atoms with van der Waals surface area (Å²) in [4.78, 5) is 8.00. The SMILES string of the molecule is C=O.Cl.N[C@H](CO)Cc1ccccc1. The molecule has 0 heterocycles. The number of hydrogen-bond donors (Lipinski definition) is 2. The van der Waals surface area contributed by atoms with Crippen molar-refractivity contribution in [2.45, 2.75) is 12.5 Å². The second-order valence-corrected chi connectivity index (χ2v) is 2.63. The maximum atomic E-state index is 8.67. The van der Waals surface area contributed by atoms with E-state index in [9.17, 15) is 0 Å². The van der Waals surface area contributed by atoms with Crippen LogP contribution in [0.15, 0.2) is 30.3 Å². The Morgan fingerprint density at radius 2 is 1.79 bits per heavy atom. The summed E-state index contributed by atoms with van der Waals surface area (Å²) in [6.07, 6.45) is 0.747. The van der Waals surface area contributed by atoms with E-state index in [0.29, 0.717) is 0 Å². The topological polar surface area (TPSA) is 63.3 Å². The average Bonchev–Trinajstić information content (AvgIpc) is 2.22. The van der Waals surface area contributed by atoms with Gasteiger partial charge < -0.3 is 15.6 Å². The monoisotopic (exact) mass is 217 g/mol. The van der Waals surface area contributed by atoms with Crippen LogP contribution in [0.2, 0.25) is 0 Å². The van der Waals surface area contributed by atoms with Crippen molar-refractivity contribution >= 4 is 19.2 Å². The summed E-state index contributed by atoms with van der Waals surface area (Å²) >= 11 is 0. The van der Waals surface area contributed by atoms with Crippen LogP contribution in [0, 0.1) is 0 Å². The maximum absolute atomic E-state index is 8.67. The highest BCUT2D eigenvalue weighted by molar-refractivity contribution is 5.85. The summed E-state index contributed by atoms with van der Waals surface area (Å²) in [6.45, 7) is 2.05. The summed E-state index contributed by atoms with van der Waals surface area (Å²) in [5.41, 5.74) is 6.73. The number of benzene rings is 1. The van der Waals surface area contributed by atoms with Gasteiger partial charge in [0.05, 0.1) is 6.61 Å². The molecule has 0 aliphatic heterocycles. The van der Waals surface area contributed by atoms with Crippen molar-refractivity contribution in [3.05, 3.63) is 35.9 Å². The van der Waals surface area contributed by atoms with Gasteiger partial charge in [-0.3, -0.25) is 0 Å². The molecule has 1 aromatic carbocycles. The van der Waals surface area contributed by atoms with Crippen molar-refractivity contribution in [3.8, 4) is 0 Å². The molecular weight excluding hydrogens is 202 g/mol. The Morgan fingerprint density at radius 1 is 1.29 bits per heavy atom. The molecule has 0 unspecified atom stereocenters. The molecule has 1 rings (SSSR count). The lowest BCUT2D eigenvalue weighted by Crippen LogP contribution is -2.26. The largest absolute Gasteiger partial charge is 0.395 e. The first-order chi connectivity index (χ1) is 6.33. The molecule has 0 amide bonds. The highest BCUT2D eigenvalue weighted by Crippen LogP contribution is 2.00. The molecular formula is C10H16ClNO2. The molecule has 14 heavy (non-hydrogen) atoms. The number of carbonyl (C=O) groups excluding carboxylic acids is 1. The van der Waals surface area contributed by atoms with Crippen molar-refractivity contribution in [3.63, 3.8) is 0 Å². The van der Waals surface area contributed by atoms with Crippen molar-refractivity contribution in [1.29, 1.82) is 0 Å². The number of rotatable bonds is 3. The summed E-state index contributed by atoms with van der Waals surface area (Å²) in [5.74, 6) is 0. The molecule has 0 saturated carbocycles. The van der Waals surface area contributed by atoms with E-state index in [2.05, 4.69) is 0 Å². The molecule has 0 aliphatic rings. The molecule has 0 aromatic heterocycles. The standard InChI is InChI=1S/C9H13NO.CH2O.ClH/c10-9(7-11)6-8-4-2-1-3-5-8;1-2;/h1-5,9,11H,6-7,10H2;1H2;1H/t9-;;/m0../s1. The molecule has 0 bridgehead atoms. The molecule has 4 heteroatoms. The fourth-order valence-electron chi connectivity index (χ4n) is 0.981.